The van der Waals surface area contributed by atoms with Crippen LogP contribution in [0.2, 0.25) is 0 Å². The molecule has 2 atom stereocenters. The first-order chi connectivity index (χ1) is 16.3. The number of carbonyl (C=O) groups is 1. The van der Waals surface area contributed by atoms with Gasteiger partial charge in [0.15, 0.2) is 11.6 Å². The van der Waals surface area contributed by atoms with E-state index in [0.717, 1.165) is 36.6 Å². The summed E-state index contributed by atoms with van der Waals surface area (Å²) in [5, 5.41) is 3.02. The van der Waals surface area contributed by atoms with Crippen LogP contribution >= 0.6 is 12.2 Å². The third kappa shape index (κ3) is 6.03. The van der Waals surface area contributed by atoms with E-state index >= 15 is 0 Å². The fourth-order valence-corrected chi connectivity index (χ4v) is 4.34. The number of halogens is 1. The number of nitrogens with two attached hydrogens (primary N) is 1. The molecule has 1 aliphatic rings. The molecule has 34 heavy (non-hydrogen) atoms. The molecule has 0 aromatic heterocycles. The number of benzene rings is 2. The highest BCUT2D eigenvalue weighted by Crippen LogP contribution is 2.37. The SMILES string of the molecule is C[C@H](c1ccccc1C#CC1CNC1)N(C)c1cc(F)c([S+]([O-])NC(=S)N=CN)cc1OC=O. The summed E-state index contributed by atoms with van der Waals surface area (Å²) in [5.41, 5.74) is 7.25. The van der Waals surface area contributed by atoms with Gasteiger partial charge in [0.05, 0.1) is 18.1 Å². The summed E-state index contributed by atoms with van der Waals surface area (Å²) in [7, 11) is 1.75. The molecule has 8 nitrogen and oxygen atoms in total. The first kappa shape index (κ1) is 25.5. The van der Waals surface area contributed by atoms with Gasteiger partial charge in [-0.2, -0.15) is 4.72 Å². The molecular weight excluding hydrogens is 477 g/mol. The zero-order valence-corrected chi connectivity index (χ0v) is 20.2. The van der Waals surface area contributed by atoms with E-state index in [9.17, 15) is 13.7 Å². The van der Waals surface area contributed by atoms with E-state index < -0.39 is 17.2 Å². The van der Waals surface area contributed by atoms with Gasteiger partial charge in [-0.25, -0.2) is 9.38 Å². The quantitative estimate of drug-likeness (QED) is 0.132. The number of aliphatic imine (C=N–C) groups is 1. The maximum atomic E-state index is 15.0. The van der Waals surface area contributed by atoms with Crippen molar-refractivity contribution in [3.05, 3.63) is 53.3 Å². The molecule has 2 aromatic rings. The number of nitrogens with zero attached hydrogens (tertiary/aromatic N) is 2. The Morgan fingerprint density at radius 1 is 1.47 bits per heavy atom. The minimum absolute atomic E-state index is 0.0354. The summed E-state index contributed by atoms with van der Waals surface area (Å²) in [5.74, 6) is 6.10. The Balaban J connectivity index is 1.92. The maximum Gasteiger partial charge on any atom is 0.298 e. The Morgan fingerprint density at radius 2 is 2.21 bits per heavy atom. The minimum Gasteiger partial charge on any atom is -0.588 e. The van der Waals surface area contributed by atoms with Gasteiger partial charge in [-0.05, 0) is 30.8 Å². The van der Waals surface area contributed by atoms with E-state index in [1.807, 2.05) is 31.2 Å². The maximum absolute atomic E-state index is 15.0. The van der Waals surface area contributed by atoms with E-state index in [1.165, 1.54) is 6.07 Å². The first-order valence-electron chi connectivity index (χ1n) is 10.3. The molecule has 0 spiro atoms. The fraction of sp³-hybridized carbons (Fsp3) is 0.261. The molecule has 0 aliphatic carbocycles. The van der Waals surface area contributed by atoms with Crippen LogP contribution in [-0.4, -0.2) is 42.6 Å². The number of ether oxygens (including phenoxy) is 1. The van der Waals surface area contributed by atoms with Crippen LogP contribution in [0.1, 0.15) is 24.1 Å². The van der Waals surface area contributed by atoms with Crippen LogP contribution in [0.4, 0.5) is 10.1 Å². The topological polar surface area (TPSA) is 115 Å². The van der Waals surface area contributed by atoms with Crippen molar-refractivity contribution in [1.29, 1.82) is 0 Å². The summed E-state index contributed by atoms with van der Waals surface area (Å²) in [4.78, 5) is 16.2. The van der Waals surface area contributed by atoms with E-state index in [-0.39, 0.29) is 28.3 Å². The van der Waals surface area contributed by atoms with Gasteiger partial charge in [-0.15, -0.1) is 0 Å². The van der Waals surface area contributed by atoms with Gasteiger partial charge in [0.1, 0.15) is 11.4 Å². The summed E-state index contributed by atoms with van der Waals surface area (Å²) in [6.45, 7) is 3.92. The van der Waals surface area contributed by atoms with E-state index in [1.54, 1.807) is 11.9 Å². The average Bonchev–Trinajstić information content (AvgIpc) is 2.78. The smallest absolute Gasteiger partial charge is 0.298 e. The summed E-state index contributed by atoms with van der Waals surface area (Å²) in [6.07, 6.45) is 0.925. The van der Waals surface area contributed by atoms with Gasteiger partial charge in [0.25, 0.3) is 6.47 Å². The van der Waals surface area contributed by atoms with Crippen molar-refractivity contribution < 1.29 is 18.5 Å². The number of carbonyl (C=O) groups excluding carboxylic acids is 1. The van der Waals surface area contributed by atoms with Crippen molar-refractivity contribution in [3.8, 4) is 17.6 Å². The molecule has 0 saturated carbocycles. The second kappa shape index (κ2) is 11.8. The van der Waals surface area contributed by atoms with Crippen molar-refractivity contribution in [2.45, 2.75) is 17.9 Å². The van der Waals surface area contributed by atoms with Gasteiger partial charge in [0.2, 0.25) is 10.0 Å². The molecule has 1 saturated heterocycles. The lowest BCUT2D eigenvalue weighted by molar-refractivity contribution is -0.120. The van der Waals surface area contributed by atoms with Crippen LogP contribution in [-0.2, 0) is 16.2 Å². The zero-order chi connectivity index (χ0) is 24.7. The van der Waals surface area contributed by atoms with Crippen molar-refractivity contribution >= 4 is 47.2 Å². The van der Waals surface area contributed by atoms with Crippen LogP contribution in [0.25, 0.3) is 0 Å². The Morgan fingerprint density at radius 3 is 2.85 bits per heavy atom. The molecule has 1 heterocycles. The molecular formula is C23H24FN5O3S2. The molecule has 0 bridgehead atoms. The lowest BCUT2D eigenvalue weighted by atomic mass is 9.98. The number of nitrogens with one attached hydrogen (secondary N) is 2. The van der Waals surface area contributed by atoms with Crippen molar-refractivity contribution in [3.63, 3.8) is 0 Å². The van der Waals surface area contributed by atoms with Crippen molar-refractivity contribution in [2.24, 2.45) is 16.6 Å². The zero-order valence-electron chi connectivity index (χ0n) is 18.6. The second-order valence-electron chi connectivity index (χ2n) is 7.42. The molecule has 178 valence electrons. The highest BCUT2D eigenvalue weighted by atomic mass is 32.2. The first-order valence-corrected chi connectivity index (χ1v) is 11.9. The third-order valence-electron chi connectivity index (χ3n) is 5.32. The minimum atomic E-state index is -2.09. The van der Waals surface area contributed by atoms with Gasteiger partial charge in [0, 0.05) is 43.8 Å². The molecule has 11 heteroatoms. The molecule has 0 radical (unpaired) electrons. The molecule has 1 fully saturated rings. The van der Waals surface area contributed by atoms with Gasteiger partial charge in [-0.1, -0.05) is 30.0 Å². The predicted molar refractivity (Wildman–Crippen MR) is 134 cm³/mol. The Labute approximate surface area is 206 Å². The number of hydrogen-bond donors (Lipinski definition) is 3. The van der Waals surface area contributed by atoms with E-state index in [0.29, 0.717) is 11.6 Å². The monoisotopic (exact) mass is 501 g/mol. The van der Waals surface area contributed by atoms with Crippen LogP contribution in [0.15, 0.2) is 46.3 Å². The molecule has 1 unspecified atom stereocenters. The molecule has 4 N–H and O–H groups in total. The fourth-order valence-electron chi connectivity index (χ4n) is 3.28. The number of thiocarbonyl (C=S) groups is 1. The van der Waals surface area contributed by atoms with Gasteiger partial charge in [-0.3, -0.25) is 4.79 Å². The highest BCUT2D eigenvalue weighted by Gasteiger charge is 2.26. The number of anilines is 1. The van der Waals surface area contributed by atoms with Crippen LogP contribution in [0, 0.1) is 23.6 Å². The largest absolute Gasteiger partial charge is 0.588 e. The number of rotatable bonds is 7. The Hall–Kier alpha value is -3.17. The lowest BCUT2D eigenvalue weighted by Crippen LogP contribution is -2.40. The van der Waals surface area contributed by atoms with Gasteiger partial charge < -0.3 is 25.2 Å². The lowest BCUT2D eigenvalue weighted by Gasteiger charge is -2.29. The van der Waals surface area contributed by atoms with E-state index in [4.69, 9.17) is 22.7 Å². The summed E-state index contributed by atoms with van der Waals surface area (Å²) < 4.78 is 35.0. The normalized spacial score (nSPS) is 14.9. The van der Waals surface area contributed by atoms with Crippen LogP contribution < -0.4 is 25.4 Å². The molecule has 0 amide bonds. The summed E-state index contributed by atoms with van der Waals surface area (Å²) >= 11 is 2.77. The van der Waals surface area contributed by atoms with Crippen molar-refractivity contribution in [1.82, 2.24) is 10.0 Å². The summed E-state index contributed by atoms with van der Waals surface area (Å²) in [6, 6.07) is 9.81. The van der Waals surface area contributed by atoms with Crippen LogP contribution in [0.5, 0.6) is 5.75 Å². The van der Waals surface area contributed by atoms with Crippen molar-refractivity contribution in [2.75, 3.05) is 25.0 Å². The Kier molecular flexibility index (Phi) is 8.84. The predicted octanol–water partition coefficient (Wildman–Crippen LogP) is 2.01. The molecule has 3 rings (SSSR count). The highest BCUT2D eigenvalue weighted by molar-refractivity contribution is 7.91. The van der Waals surface area contributed by atoms with Crippen LogP contribution in [0.3, 0.4) is 0 Å². The second-order valence-corrected chi connectivity index (χ2v) is 8.99. The Bertz CT molecular complexity index is 1150. The molecule has 2 aromatic carbocycles. The third-order valence-corrected chi connectivity index (χ3v) is 6.75. The molecule has 1 aliphatic heterocycles. The number of hydrogen-bond acceptors (Lipinski definition) is 6. The standard InChI is InChI=1S/C23H24FN5O3S2/c1-15(18-6-4-3-5-17(18)8-7-16-11-26-12-16)29(2)20-9-19(24)22(10-21(20)32-14-30)34(31)28-23(33)27-13-25/h3-6,9-10,13-16,26H,11-12H2,1-2H3,(H3,25,27,28,33)/t15-,34?/m1/s1. The van der Waals surface area contributed by atoms with E-state index in [2.05, 4.69) is 26.9 Å². The average molecular weight is 502 g/mol. The van der Waals surface area contributed by atoms with Gasteiger partial charge >= 0.3 is 0 Å².